The predicted molar refractivity (Wildman–Crippen MR) is 79.3 cm³/mol. The van der Waals surface area contributed by atoms with E-state index in [1.54, 1.807) is 24.0 Å². The molecule has 4 N–H and O–H groups in total. The summed E-state index contributed by atoms with van der Waals surface area (Å²) >= 11 is 0. The van der Waals surface area contributed by atoms with Crippen LogP contribution in [0.2, 0.25) is 0 Å². The summed E-state index contributed by atoms with van der Waals surface area (Å²) < 4.78 is 1.60. The van der Waals surface area contributed by atoms with Crippen LogP contribution >= 0.6 is 0 Å². The van der Waals surface area contributed by atoms with Crippen molar-refractivity contribution in [1.29, 1.82) is 0 Å². The Morgan fingerprint density at radius 2 is 2.22 bits per heavy atom. The number of aliphatic carboxylic acids is 1. The van der Waals surface area contributed by atoms with Crippen LogP contribution in [0.3, 0.4) is 0 Å². The van der Waals surface area contributed by atoms with Gasteiger partial charge in [0.2, 0.25) is 5.91 Å². The third-order valence-corrected chi connectivity index (χ3v) is 2.95. The van der Waals surface area contributed by atoms with Crippen LogP contribution in [0, 0.1) is 6.92 Å². The van der Waals surface area contributed by atoms with Gasteiger partial charge in [0.1, 0.15) is 18.1 Å². The van der Waals surface area contributed by atoms with E-state index in [0.717, 1.165) is 5.56 Å². The number of aryl methyl sites for hydroxylation is 1. The number of nitrogens with one attached hydrogen (secondary N) is 1. The van der Waals surface area contributed by atoms with E-state index in [-0.39, 0.29) is 0 Å². The second-order valence-corrected chi connectivity index (χ2v) is 4.91. The molecule has 0 unspecified atom stereocenters. The lowest BCUT2D eigenvalue weighted by atomic mass is 10.3. The fraction of sp³-hybridized carbons (Fsp3) is 0.385. The first kappa shape index (κ1) is 16.3. The summed E-state index contributed by atoms with van der Waals surface area (Å²) in [7, 11) is 0. The first-order valence-corrected chi connectivity index (χ1v) is 6.89. The number of carbonyl (C=O) groups is 2. The molecule has 0 aliphatic carbocycles. The first-order valence-electron chi connectivity index (χ1n) is 6.89. The van der Waals surface area contributed by atoms with Crippen molar-refractivity contribution in [3.8, 4) is 0 Å². The van der Waals surface area contributed by atoms with Gasteiger partial charge in [-0.15, -0.1) is 5.10 Å². The van der Waals surface area contributed by atoms with Gasteiger partial charge in [-0.25, -0.2) is 14.6 Å². The van der Waals surface area contributed by atoms with Gasteiger partial charge >= 0.3 is 5.97 Å². The van der Waals surface area contributed by atoms with Gasteiger partial charge in [-0.3, -0.25) is 9.59 Å². The Bertz CT molecular complexity index is 713. The van der Waals surface area contributed by atoms with Crippen LogP contribution in [-0.4, -0.2) is 48.5 Å². The number of hydrogen-bond acceptors (Lipinski definition) is 7. The van der Waals surface area contributed by atoms with Gasteiger partial charge in [-0.05, 0) is 6.92 Å². The number of amides is 1. The van der Waals surface area contributed by atoms with E-state index >= 15 is 0 Å². The van der Waals surface area contributed by atoms with E-state index < -0.39 is 18.3 Å². The number of hydrogen-bond donors (Lipinski definition) is 3. The van der Waals surface area contributed by atoms with Crippen molar-refractivity contribution in [1.82, 2.24) is 30.3 Å². The Kier molecular flexibility index (Phi) is 5.18. The lowest BCUT2D eigenvalue weighted by molar-refractivity contribution is -0.140. The van der Waals surface area contributed by atoms with Crippen LogP contribution < -0.4 is 11.1 Å². The Labute approximate surface area is 131 Å². The topological polar surface area (TPSA) is 149 Å². The molecule has 10 heteroatoms. The van der Waals surface area contributed by atoms with Crippen molar-refractivity contribution in [2.45, 2.75) is 26.3 Å². The van der Waals surface area contributed by atoms with Gasteiger partial charge in [-0.1, -0.05) is 5.21 Å². The number of nitrogens with two attached hydrogens (primary N) is 1. The summed E-state index contributed by atoms with van der Waals surface area (Å²) in [6.07, 6.45) is 3.28. The molecule has 0 aromatic carbocycles. The SMILES string of the molecule is Cc1ncc(Cn2cc(CCNC(=O)CC(=O)O)nn2)c(N)n1. The van der Waals surface area contributed by atoms with Crippen LogP contribution in [-0.2, 0) is 22.6 Å². The summed E-state index contributed by atoms with van der Waals surface area (Å²) in [5.74, 6) is -0.695. The molecule has 0 atom stereocenters. The molecule has 1 amide bonds. The van der Waals surface area contributed by atoms with Gasteiger partial charge in [0.15, 0.2) is 0 Å². The third kappa shape index (κ3) is 5.02. The maximum Gasteiger partial charge on any atom is 0.312 e. The van der Waals surface area contributed by atoms with E-state index in [1.165, 1.54) is 0 Å². The Morgan fingerprint density at radius 3 is 2.91 bits per heavy atom. The van der Waals surface area contributed by atoms with Crippen molar-refractivity contribution in [2.75, 3.05) is 12.3 Å². The van der Waals surface area contributed by atoms with Crippen LogP contribution in [0.1, 0.15) is 23.5 Å². The number of nitrogens with zero attached hydrogens (tertiary/aromatic N) is 5. The number of carbonyl (C=O) groups excluding carboxylic acids is 1. The van der Waals surface area contributed by atoms with Gasteiger partial charge in [-0.2, -0.15) is 0 Å². The molecule has 2 heterocycles. The molecule has 0 aliphatic rings. The molecule has 2 aromatic heterocycles. The standard InChI is InChI=1S/C13H17N7O3/c1-8-16-5-9(13(14)17-8)6-20-7-10(18-19-20)2-3-15-11(21)4-12(22)23/h5,7H,2-4,6H2,1H3,(H,15,21)(H,22,23)(H2,14,16,17). The Hall–Kier alpha value is -3.04. The molecule has 0 bridgehead atoms. The highest BCUT2D eigenvalue weighted by molar-refractivity contribution is 5.93. The summed E-state index contributed by atoms with van der Waals surface area (Å²) in [4.78, 5) is 29.7. The quantitative estimate of drug-likeness (QED) is 0.558. The van der Waals surface area contributed by atoms with E-state index in [9.17, 15) is 9.59 Å². The third-order valence-electron chi connectivity index (χ3n) is 2.95. The summed E-state index contributed by atoms with van der Waals surface area (Å²) in [5.41, 5.74) is 7.23. The number of aromatic nitrogens is 5. The van der Waals surface area contributed by atoms with E-state index in [2.05, 4.69) is 25.6 Å². The van der Waals surface area contributed by atoms with Crippen molar-refractivity contribution in [3.63, 3.8) is 0 Å². The largest absolute Gasteiger partial charge is 0.481 e. The highest BCUT2D eigenvalue weighted by atomic mass is 16.4. The highest BCUT2D eigenvalue weighted by Gasteiger charge is 2.08. The zero-order valence-corrected chi connectivity index (χ0v) is 12.6. The zero-order chi connectivity index (χ0) is 16.8. The minimum atomic E-state index is -1.16. The van der Waals surface area contributed by atoms with E-state index in [4.69, 9.17) is 10.8 Å². The smallest absolute Gasteiger partial charge is 0.312 e. The average Bonchev–Trinajstić information content (AvgIpc) is 2.89. The van der Waals surface area contributed by atoms with Gasteiger partial charge < -0.3 is 16.2 Å². The molecule has 0 saturated carbocycles. The van der Waals surface area contributed by atoms with E-state index in [1.807, 2.05) is 0 Å². The van der Waals surface area contributed by atoms with Crippen molar-refractivity contribution < 1.29 is 14.7 Å². The second kappa shape index (κ2) is 7.29. The van der Waals surface area contributed by atoms with Crippen LogP contribution in [0.25, 0.3) is 0 Å². The zero-order valence-electron chi connectivity index (χ0n) is 12.6. The minimum Gasteiger partial charge on any atom is -0.481 e. The summed E-state index contributed by atoms with van der Waals surface area (Å²) in [5, 5.41) is 18.9. The highest BCUT2D eigenvalue weighted by Crippen LogP contribution is 2.09. The number of nitrogen functional groups attached to an aromatic ring is 1. The fourth-order valence-electron chi connectivity index (χ4n) is 1.87. The Balaban J connectivity index is 1.86. The predicted octanol–water partition coefficient (Wildman–Crippen LogP) is -0.860. The van der Waals surface area contributed by atoms with Gasteiger partial charge in [0.05, 0.1) is 12.2 Å². The van der Waals surface area contributed by atoms with Gasteiger partial charge in [0, 0.05) is 30.9 Å². The fourth-order valence-corrected chi connectivity index (χ4v) is 1.87. The van der Waals surface area contributed by atoms with Crippen LogP contribution in [0.15, 0.2) is 12.4 Å². The molecule has 0 fully saturated rings. The second-order valence-electron chi connectivity index (χ2n) is 4.91. The van der Waals surface area contributed by atoms with Crippen molar-refractivity contribution in [2.24, 2.45) is 0 Å². The molecule has 122 valence electrons. The maximum atomic E-state index is 11.2. The van der Waals surface area contributed by atoms with Crippen LogP contribution in [0.5, 0.6) is 0 Å². The number of anilines is 1. The molecule has 2 aromatic rings. The molecule has 0 saturated heterocycles. The molecule has 2 rings (SSSR count). The molecule has 10 nitrogen and oxygen atoms in total. The monoisotopic (exact) mass is 319 g/mol. The molecule has 0 spiro atoms. The summed E-state index contributed by atoms with van der Waals surface area (Å²) in [6.45, 7) is 2.44. The number of carboxylic acid groups (broad SMARTS) is 1. The molecule has 0 radical (unpaired) electrons. The normalized spacial score (nSPS) is 10.5. The lowest BCUT2D eigenvalue weighted by Gasteiger charge is -2.04. The average molecular weight is 319 g/mol. The maximum absolute atomic E-state index is 11.2. The first-order chi connectivity index (χ1) is 10.9. The lowest BCUT2D eigenvalue weighted by Crippen LogP contribution is -2.27. The van der Waals surface area contributed by atoms with Crippen molar-refractivity contribution >= 4 is 17.7 Å². The minimum absolute atomic E-state index is 0.292. The number of carboxylic acids is 1. The molecule has 0 aliphatic heterocycles. The molecular formula is C13H17N7O3. The summed E-state index contributed by atoms with van der Waals surface area (Å²) in [6, 6.07) is 0. The Morgan fingerprint density at radius 1 is 1.43 bits per heavy atom. The number of rotatable bonds is 7. The molecular weight excluding hydrogens is 302 g/mol. The van der Waals surface area contributed by atoms with Gasteiger partial charge in [0.25, 0.3) is 0 Å². The van der Waals surface area contributed by atoms with Crippen molar-refractivity contribution in [3.05, 3.63) is 29.5 Å². The van der Waals surface area contributed by atoms with E-state index in [0.29, 0.717) is 36.8 Å². The molecule has 23 heavy (non-hydrogen) atoms. The van der Waals surface area contributed by atoms with Crippen LogP contribution in [0.4, 0.5) is 5.82 Å².